The van der Waals surface area contributed by atoms with Gasteiger partial charge in [0.1, 0.15) is 6.61 Å². The van der Waals surface area contributed by atoms with Crippen LogP contribution in [0.4, 0.5) is 0 Å². The number of nitrogens with one attached hydrogen (secondary N) is 1. The number of carboxylic acids is 1. The number of hydrogen-bond donors (Lipinski definition) is 3. The van der Waals surface area contributed by atoms with Crippen molar-refractivity contribution in [3.63, 3.8) is 0 Å². The monoisotopic (exact) mass is 588 g/mol. The number of carbonyl (C=O) groups is 1. The second-order valence-electron chi connectivity index (χ2n) is 11.0. The molecule has 1 aliphatic carbocycles. The number of fused-ring (bicyclic) bond motifs is 4. The van der Waals surface area contributed by atoms with Gasteiger partial charge in [-0.1, -0.05) is 35.4 Å². The van der Waals surface area contributed by atoms with Gasteiger partial charge in [0.05, 0.1) is 22.0 Å². The second-order valence-corrected chi connectivity index (χ2v) is 11.9. The first-order chi connectivity index (χ1) is 19.5. The van der Waals surface area contributed by atoms with Crippen molar-refractivity contribution >= 4 is 72.8 Å². The molecule has 0 saturated carbocycles. The number of nitrogens with zero attached hydrogens (tertiary/aromatic N) is 1. The Morgan fingerprint density at radius 2 is 1.59 bits per heavy atom. The largest absolute Gasteiger partial charge is 0.481 e. The van der Waals surface area contributed by atoms with Crippen LogP contribution in [0.2, 0.25) is 10.0 Å². The summed E-state index contributed by atoms with van der Waals surface area (Å²) in [6.07, 6.45) is 3.46. The van der Waals surface area contributed by atoms with Gasteiger partial charge in [0.2, 0.25) is 5.79 Å². The molecule has 10 heteroatoms. The second kappa shape index (κ2) is 8.77. The minimum absolute atomic E-state index is 0.0768. The average molecular weight is 589 g/mol. The van der Waals surface area contributed by atoms with Crippen molar-refractivity contribution in [2.45, 2.75) is 25.7 Å². The summed E-state index contributed by atoms with van der Waals surface area (Å²) in [6.45, 7) is 1.86. The average Bonchev–Trinajstić information content (AvgIpc) is 3.69. The number of H-pyrrole nitrogens is 1. The zero-order chi connectivity index (χ0) is 28.8. The van der Waals surface area contributed by atoms with E-state index in [0.29, 0.717) is 64.8 Å². The van der Waals surface area contributed by atoms with Crippen molar-refractivity contribution in [2.75, 3.05) is 6.61 Å². The van der Waals surface area contributed by atoms with Gasteiger partial charge in [0, 0.05) is 49.2 Å². The maximum atomic E-state index is 13.8. The quantitative estimate of drug-likeness (QED) is 0.187. The number of aromatic amines is 1. The van der Waals surface area contributed by atoms with Gasteiger partial charge in [-0.3, -0.25) is 14.4 Å². The molecule has 3 N–H and O–H groups in total. The zero-order valence-corrected chi connectivity index (χ0v) is 23.1. The van der Waals surface area contributed by atoms with Crippen LogP contribution < -0.4 is 10.9 Å². The Kier molecular flexibility index (Phi) is 5.56. The fourth-order valence-corrected chi connectivity index (χ4v) is 6.18. The fraction of sp³-hybridized carbons (Fsp3) is 0.194. The summed E-state index contributed by atoms with van der Waals surface area (Å²) in [5.41, 5.74) is 1.48. The van der Waals surface area contributed by atoms with E-state index in [2.05, 4.69) is 4.98 Å². The molecule has 3 heterocycles. The zero-order valence-electron chi connectivity index (χ0n) is 21.6. The van der Waals surface area contributed by atoms with Crippen LogP contribution in [0.3, 0.4) is 0 Å². The van der Waals surface area contributed by atoms with E-state index < -0.39 is 17.2 Å². The number of carboxylic acid groups (broad SMARTS) is 1. The molecule has 41 heavy (non-hydrogen) atoms. The normalized spacial score (nSPS) is 22.3. The number of ether oxygens (including phenoxy) is 1. The summed E-state index contributed by atoms with van der Waals surface area (Å²) >= 11 is 12.5. The lowest BCUT2D eigenvalue weighted by atomic mass is 9.76. The Hall–Kier alpha value is -3.95. The highest BCUT2D eigenvalue weighted by Gasteiger charge is 2.49. The summed E-state index contributed by atoms with van der Waals surface area (Å²) in [7, 11) is 0. The first-order valence-corrected chi connectivity index (χ1v) is 13.6. The van der Waals surface area contributed by atoms with Gasteiger partial charge < -0.3 is 24.5 Å². The van der Waals surface area contributed by atoms with E-state index in [1.165, 1.54) is 6.08 Å². The van der Waals surface area contributed by atoms with Crippen LogP contribution in [0, 0.1) is 5.41 Å². The number of rotatable bonds is 4. The molecule has 2 aliphatic rings. The molecule has 0 spiro atoms. The number of hydrogen-bond acceptors (Lipinski definition) is 5. The van der Waals surface area contributed by atoms with Crippen LogP contribution in [0.1, 0.15) is 13.3 Å². The maximum absolute atomic E-state index is 13.8. The van der Waals surface area contributed by atoms with Gasteiger partial charge in [-0.05, 0) is 67.4 Å². The molecule has 3 aromatic carbocycles. The number of halogens is 2. The van der Waals surface area contributed by atoms with Gasteiger partial charge in [0.15, 0.2) is 10.9 Å². The Morgan fingerprint density at radius 3 is 2.29 bits per heavy atom. The predicted molar refractivity (Wildman–Crippen MR) is 159 cm³/mol. The smallest absolute Gasteiger partial charge is 0.313 e. The lowest BCUT2D eigenvalue weighted by Crippen LogP contribution is -2.31. The molecule has 0 radical (unpaired) electrons. The number of aromatic nitrogens is 2. The molecular weight excluding hydrogens is 567 g/mol. The molecule has 8 nitrogen and oxygen atoms in total. The molecule has 1 aliphatic heterocycles. The number of pyridine rings is 2. The summed E-state index contributed by atoms with van der Waals surface area (Å²) in [5.74, 6) is -2.55. The third kappa shape index (κ3) is 4.09. The summed E-state index contributed by atoms with van der Waals surface area (Å²) in [4.78, 5) is 42.9. The van der Waals surface area contributed by atoms with E-state index in [0.717, 1.165) is 0 Å². The van der Waals surface area contributed by atoms with E-state index in [-0.39, 0.29) is 30.4 Å². The first-order valence-electron chi connectivity index (χ1n) is 12.9. The van der Waals surface area contributed by atoms with Crippen LogP contribution >= 0.6 is 23.2 Å². The number of benzene rings is 3. The topological polar surface area (TPSA) is 125 Å². The molecule has 0 bridgehead atoms. The van der Waals surface area contributed by atoms with Crippen molar-refractivity contribution < 1.29 is 19.7 Å². The van der Waals surface area contributed by atoms with Crippen LogP contribution in [0.5, 0.6) is 0 Å². The lowest BCUT2D eigenvalue weighted by Gasteiger charge is -2.30. The molecule has 1 saturated heterocycles. The minimum Gasteiger partial charge on any atom is -0.481 e. The highest BCUT2D eigenvalue weighted by atomic mass is 35.5. The third-order valence-corrected chi connectivity index (χ3v) is 8.52. The molecule has 2 unspecified atom stereocenters. The Labute approximate surface area is 241 Å². The molecule has 5 aromatic rings. The predicted octanol–water partition coefficient (Wildman–Crippen LogP) is 5.52. The highest BCUT2D eigenvalue weighted by Crippen LogP contribution is 2.43. The van der Waals surface area contributed by atoms with Crippen molar-refractivity contribution in [3.05, 3.63) is 102 Å². The molecule has 206 valence electrons. The summed E-state index contributed by atoms with van der Waals surface area (Å²) < 4.78 is 7.11. The van der Waals surface area contributed by atoms with Gasteiger partial charge in [-0.2, -0.15) is 0 Å². The van der Waals surface area contributed by atoms with Gasteiger partial charge >= 0.3 is 5.97 Å². The SMILES string of the molecule is CC1(C(=O)O)C=C(C2(O)CO2)C=C(Cn2c3ccc(Cl)cc3c(=O)c3cc4[nH]c5ccc(Cl)cc5c(=O)c4cc32)C1. The van der Waals surface area contributed by atoms with E-state index in [4.69, 9.17) is 27.9 Å². The highest BCUT2D eigenvalue weighted by molar-refractivity contribution is 6.31. The molecular formula is C31H22Cl2N2O6. The molecule has 1 fully saturated rings. The fourth-order valence-electron chi connectivity index (χ4n) is 5.84. The van der Waals surface area contributed by atoms with Crippen molar-refractivity contribution in [3.8, 4) is 0 Å². The Bertz CT molecular complexity index is 2190. The standard InChI is InChI=1S/C31H22Cl2N2O6/c1-30(29(38)39)11-15(6-16(12-30)31(40)14-41-31)13-35-25-5-3-18(33)8-21(25)28(37)22-9-24-20(10-26(22)35)27(36)19-7-17(32)2-4-23(19)34-24/h2-10,12,40H,11,13-14H2,1H3,(H,34,36)(H,38,39). The maximum Gasteiger partial charge on any atom is 0.313 e. The van der Waals surface area contributed by atoms with Gasteiger partial charge in [-0.25, -0.2) is 0 Å². The number of allylic oxidation sites excluding steroid dienone is 1. The van der Waals surface area contributed by atoms with Crippen molar-refractivity contribution in [1.29, 1.82) is 0 Å². The molecule has 2 atom stereocenters. The Morgan fingerprint density at radius 1 is 0.951 bits per heavy atom. The Balaban J connectivity index is 1.52. The molecule has 7 rings (SSSR count). The van der Waals surface area contributed by atoms with Crippen molar-refractivity contribution in [2.24, 2.45) is 5.41 Å². The summed E-state index contributed by atoms with van der Waals surface area (Å²) in [6, 6.07) is 13.4. The van der Waals surface area contributed by atoms with Crippen LogP contribution in [-0.4, -0.2) is 38.1 Å². The third-order valence-electron chi connectivity index (χ3n) is 8.05. The number of aliphatic carboxylic acids is 1. The van der Waals surface area contributed by atoms with E-state index in [9.17, 15) is 24.6 Å². The summed E-state index contributed by atoms with van der Waals surface area (Å²) in [5, 5.41) is 23.1. The van der Waals surface area contributed by atoms with E-state index >= 15 is 0 Å². The van der Waals surface area contributed by atoms with Crippen LogP contribution in [0.15, 0.2) is 81.4 Å². The van der Waals surface area contributed by atoms with Crippen LogP contribution in [0.25, 0.3) is 43.6 Å². The first kappa shape index (κ1) is 26.0. The van der Waals surface area contributed by atoms with E-state index in [1.807, 2.05) is 4.57 Å². The van der Waals surface area contributed by atoms with Gasteiger partial charge in [-0.15, -0.1) is 0 Å². The lowest BCUT2D eigenvalue weighted by molar-refractivity contribution is -0.145. The minimum atomic E-state index is -1.52. The van der Waals surface area contributed by atoms with Crippen LogP contribution in [-0.2, 0) is 16.1 Å². The van der Waals surface area contributed by atoms with Gasteiger partial charge in [0.25, 0.3) is 0 Å². The number of epoxide rings is 1. The molecule has 0 amide bonds. The number of aliphatic hydroxyl groups is 1. The van der Waals surface area contributed by atoms with Crippen molar-refractivity contribution in [1.82, 2.24) is 9.55 Å². The molecule has 2 aromatic heterocycles. The van der Waals surface area contributed by atoms with E-state index in [1.54, 1.807) is 61.5 Å².